The van der Waals surface area contributed by atoms with Crippen LogP contribution in [0.2, 0.25) is 0 Å². The molecular formula is C17H13N7O3S. The van der Waals surface area contributed by atoms with E-state index in [1.165, 1.54) is 23.9 Å². The number of tetrazole rings is 1. The van der Waals surface area contributed by atoms with Gasteiger partial charge in [-0.15, -0.1) is 15.3 Å². The summed E-state index contributed by atoms with van der Waals surface area (Å²) in [5.41, 5.74) is 2.62. The molecule has 11 heteroatoms. The van der Waals surface area contributed by atoms with Crippen molar-refractivity contribution >= 4 is 17.4 Å². The molecular weight excluding hydrogens is 382 g/mol. The van der Waals surface area contributed by atoms with Crippen LogP contribution in [-0.2, 0) is 5.75 Å². The van der Waals surface area contributed by atoms with Crippen LogP contribution in [0.1, 0.15) is 11.5 Å². The summed E-state index contributed by atoms with van der Waals surface area (Å²) >= 11 is 1.36. The standard InChI is InChI=1S/C17H13N7O3S/c1-11-2-6-13(7-3-11)23-17(20-21-22-23)28-10-15-18-19-16(27-15)12-4-8-14(9-5-12)24(25)26/h2-9H,10H2,1H3. The molecule has 2 heterocycles. The Bertz CT molecular complexity index is 1110. The van der Waals surface area contributed by atoms with Crippen LogP contribution in [0.15, 0.2) is 58.1 Å². The van der Waals surface area contributed by atoms with Crippen LogP contribution in [0.3, 0.4) is 0 Å². The van der Waals surface area contributed by atoms with Gasteiger partial charge in [-0.2, -0.15) is 4.68 Å². The van der Waals surface area contributed by atoms with Crippen LogP contribution in [0.4, 0.5) is 5.69 Å². The monoisotopic (exact) mass is 395 g/mol. The molecule has 0 aliphatic rings. The Morgan fingerprint density at radius 1 is 1.07 bits per heavy atom. The lowest BCUT2D eigenvalue weighted by Crippen LogP contribution is -1.99. The number of non-ortho nitro benzene ring substituents is 1. The average Bonchev–Trinajstić information content (AvgIpc) is 3.36. The molecule has 0 aliphatic heterocycles. The van der Waals surface area contributed by atoms with E-state index in [1.54, 1.807) is 16.8 Å². The first-order valence-corrected chi connectivity index (χ1v) is 9.14. The van der Waals surface area contributed by atoms with Crippen LogP contribution in [0.5, 0.6) is 0 Å². The first kappa shape index (κ1) is 17.8. The normalized spacial score (nSPS) is 10.9. The molecule has 4 aromatic rings. The predicted octanol–water partition coefficient (Wildman–Crippen LogP) is 3.22. The van der Waals surface area contributed by atoms with E-state index in [4.69, 9.17) is 4.42 Å². The van der Waals surface area contributed by atoms with Gasteiger partial charge in [0, 0.05) is 17.7 Å². The van der Waals surface area contributed by atoms with Gasteiger partial charge in [0.15, 0.2) is 0 Å². The molecule has 28 heavy (non-hydrogen) atoms. The zero-order valence-corrected chi connectivity index (χ0v) is 15.4. The highest BCUT2D eigenvalue weighted by atomic mass is 32.2. The average molecular weight is 395 g/mol. The third kappa shape index (κ3) is 3.74. The van der Waals surface area contributed by atoms with Gasteiger partial charge >= 0.3 is 0 Å². The van der Waals surface area contributed by atoms with Crippen molar-refractivity contribution in [1.29, 1.82) is 0 Å². The molecule has 0 fully saturated rings. The summed E-state index contributed by atoms with van der Waals surface area (Å²) in [6, 6.07) is 13.8. The fourth-order valence-corrected chi connectivity index (χ4v) is 3.13. The molecule has 0 unspecified atom stereocenters. The number of aryl methyl sites for hydroxylation is 1. The molecule has 4 rings (SSSR count). The van der Waals surface area contributed by atoms with Gasteiger partial charge in [0.05, 0.1) is 16.4 Å². The zero-order valence-electron chi connectivity index (χ0n) is 14.6. The minimum absolute atomic E-state index is 0.00184. The van der Waals surface area contributed by atoms with E-state index in [1.807, 2.05) is 31.2 Å². The van der Waals surface area contributed by atoms with E-state index in [0.29, 0.717) is 28.3 Å². The van der Waals surface area contributed by atoms with Crippen molar-refractivity contribution in [3.05, 3.63) is 70.1 Å². The van der Waals surface area contributed by atoms with Crippen LogP contribution in [-0.4, -0.2) is 35.3 Å². The lowest BCUT2D eigenvalue weighted by molar-refractivity contribution is -0.384. The van der Waals surface area contributed by atoms with Crippen molar-refractivity contribution < 1.29 is 9.34 Å². The Kier molecular flexibility index (Phi) is 4.81. The Morgan fingerprint density at radius 3 is 2.54 bits per heavy atom. The largest absolute Gasteiger partial charge is 0.420 e. The van der Waals surface area contributed by atoms with Gasteiger partial charge in [-0.25, -0.2) is 0 Å². The second-order valence-electron chi connectivity index (χ2n) is 5.80. The lowest BCUT2D eigenvalue weighted by Gasteiger charge is -2.03. The van der Waals surface area contributed by atoms with Crippen molar-refractivity contribution in [1.82, 2.24) is 30.4 Å². The number of hydrogen-bond donors (Lipinski definition) is 0. The molecule has 0 radical (unpaired) electrons. The first-order chi connectivity index (χ1) is 13.6. The molecule has 140 valence electrons. The van der Waals surface area contributed by atoms with Crippen molar-refractivity contribution in [3.63, 3.8) is 0 Å². The van der Waals surface area contributed by atoms with Crippen molar-refractivity contribution in [2.24, 2.45) is 0 Å². The quantitative estimate of drug-likeness (QED) is 0.275. The van der Waals surface area contributed by atoms with Gasteiger partial charge in [0.1, 0.15) is 0 Å². The predicted molar refractivity (Wildman–Crippen MR) is 99.8 cm³/mol. The minimum Gasteiger partial charge on any atom is -0.420 e. The second kappa shape index (κ2) is 7.56. The number of rotatable bonds is 6. The molecule has 0 saturated heterocycles. The highest BCUT2D eigenvalue weighted by Crippen LogP contribution is 2.25. The number of benzene rings is 2. The maximum atomic E-state index is 10.7. The van der Waals surface area contributed by atoms with Crippen molar-refractivity contribution in [2.45, 2.75) is 17.8 Å². The Balaban J connectivity index is 1.46. The fraction of sp³-hybridized carbons (Fsp3) is 0.118. The number of thioether (sulfide) groups is 1. The van der Waals surface area contributed by atoms with Crippen LogP contribution in [0, 0.1) is 17.0 Å². The second-order valence-corrected chi connectivity index (χ2v) is 6.74. The molecule has 2 aromatic carbocycles. The summed E-state index contributed by atoms with van der Waals surface area (Å²) in [6.07, 6.45) is 0. The van der Waals surface area contributed by atoms with E-state index in [-0.39, 0.29) is 5.69 Å². The van der Waals surface area contributed by atoms with Gasteiger partial charge in [0.2, 0.25) is 16.9 Å². The summed E-state index contributed by atoms with van der Waals surface area (Å²) < 4.78 is 7.28. The number of nitro benzene ring substituents is 1. The Labute approximate surface area is 162 Å². The van der Waals surface area contributed by atoms with Gasteiger partial charge in [0.25, 0.3) is 5.69 Å². The lowest BCUT2D eigenvalue weighted by atomic mass is 10.2. The summed E-state index contributed by atoms with van der Waals surface area (Å²) in [5, 5.41) is 31.1. The summed E-state index contributed by atoms with van der Waals surface area (Å²) in [5.74, 6) is 1.08. The summed E-state index contributed by atoms with van der Waals surface area (Å²) in [7, 11) is 0. The zero-order chi connectivity index (χ0) is 19.5. The van der Waals surface area contributed by atoms with Crippen LogP contribution < -0.4 is 0 Å². The van der Waals surface area contributed by atoms with E-state index in [9.17, 15) is 10.1 Å². The fourth-order valence-electron chi connectivity index (χ4n) is 2.40. The Morgan fingerprint density at radius 2 is 1.82 bits per heavy atom. The SMILES string of the molecule is Cc1ccc(-n2nnnc2SCc2nnc(-c3ccc([N+](=O)[O-])cc3)o2)cc1. The van der Waals surface area contributed by atoms with Gasteiger partial charge in [-0.3, -0.25) is 10.1 Å². The molecule has 0 spiro atoms. The molecule has 0 atom stereocenters. The third-order valence-electron chi connectivity index (χ3n) is 3.84. The minimum atomic E-state index is -0.460. The van der Waals surface area contributed by atoms with Gasteiger partial charge in [-0.1, -0.05) is 29.5 Å². The van der Waals surface area contributed by atoms with E-state index < -0.39 is 4.92 Å². The number of hydrogen-bond acceptors (Lipinski definition) is 9. The van der Waals surface area contributed by atoms with Crippen molar-refractivity contribution in [3.8, 4) is 17.1 Å². The molecule has 0 amide bonds. The third-order valence-corrected chi connectivity index (χ3v) is 4.74. The first-order valence-electron chi connectivity index (χ1n) is 8.15. The summed E-state index contributed by atoms with van der Waals surface area (Å²) in [4.78, 5) is 10.3. The topological polar surface area (TPSA) is 126 Å². The van der Waals surface area contributed by atoms with E-state index in [2.05, 4.69) is 25.7 Å². The van der Waals surface area contributed by atoms with E-state index in [0.717, 1.165) is 11.3 Å². The maximum Gasteiger partial charge on any atom is 0.269 e. The van der Waals surface area contributed by atoms with Crippen LogP contribution >= 0.6 is 11.8 Å². The van der Waals surface area contributed by atoms with E-state index >= 15 is 0 Å². The molecule has 2 aromatic heterocycles. The molecule has 0 aliphatic carbocycles. The summed E-state index contributed by atoms with van der Waals surface area (Å²) in [6.45, 7) is 2.01. The molecule has 10 nitrogen and oxygen atoms in total. The van der Waals surface area contributed by atoms with Gasteiger partial charge < -0.3 is 4.42 Å². The smallest absolute Gasteiger partial charge is 0.269 e. The number of nitrogens with zero attached hydrogens (tertiary/aromatic N) is 7. The van der Waals surface area contributed by atoms with Gasteiger partial charge in [-0.05, 0) is 41.6 Å². The highest BCUT2D eigenvalue weighted by Gasteiger charge is 2.14. The van der Waals surface area contributed by atoms with Crippen molar-refractivity contribution in [2.75, 3.05) is 0 Å². The molecule has 0 saturated carbocycles. The Hall–Kier alpha value is -3.60. The van der Waals surface area contributed by atoms with Crippen LogP contribution in [0.25, 0.3) is 17.1 Å². The number of nitro groups is 1. The molecule has 0 N–H and O–H groups in total. The molecule has 0 bridgehead atoms. The number of aromatic nitrogens is 6. The maximum absolute atomic E-state index is 10.7. The highest BCUT2D eigenvalue weighted by molar-refractivity contribution is 7.98.